The molecule has 0 aromatic heterocycles. The summed E-state index contributed by atoms with van der Waals surface area (Å²) in [5.74, 6) is 2.95. The molecule has 2 heteroatoms. The predicted octanol–water partition coefficient (Wildman–Crippen LogP) is 5.20. The number of phenolic OH excluding ortho intramolecular Hbond substituents is 1. The summed E-state index contributed by atoms with van der Waals surface area (Å²) in [7, 11) is 0. The first-order valence-electron chi connectivity index (χ1n) is 9.51. The highest BCUT2D eigenvalue weighted by Gasteiger charge is 2.54. The van der Waals surface area contributed by atoms with E-state index in [-0.39, 0.29) is 11.5 Å². The summed E-state index contributed by atoms with van der Waals surface area (Å²) in [6.45, 7) is 8.62. The normalized spacial score (nSPS) is 41.2. The number of rotatable bonds is 0. The first-order chi connectivity index (χ1) is 11.0. The minimum Gasteiger partial charge on any atom is -0.508 e. The Bertz CT molecular complexity index is 567. The van der Waals surface area contributed by atoms with Crippen LogP contribution in [0.1, 0.15) is 82.8 Å². The van der Waals surface area contributed by atoms with Crippen LogP contribution in [0, 0.1) is 17.3 Å². The van der Waals surface area contributed by atoms with Gasteiger partial charge in [-0.05, 0) is 84.5 Å². The maximum atomic E-state index is 10.4. The van der Waals surface area contributed by atoms with Gasteiger partial charge < -0.3 is 10.2 Å². The summed E-state index contributed by atoms with van der Waals surface area (Å²) in [6, 6.07) is 5.99. The van der Waals surface area contributed by atoms with Crippen molar-refractivity contribution in [3.8, 4) is 5.75 Å². The molecule has 2 fully saturated rings. The van der Waals surface area contributed by atoms with Crippen molar-refractivity contribution in [2.75, 3.05) is 0 Å². The average Bonchev–Trinajstić information content (AvgIpc) is 2.86. The Hall–Kier alpha value is -1.02. The van der Waals surface area contributed by atoms with Crippen LogP contribution in [0.25, 0.3) is 0 Å². The van der Waals surface area contributed by atoms with Crippen LogP contribution in [0.5, 0.6) is 5.75 Å². The van der Waals surface area contributed by atoms with Crippen molar-refractivity contribution in [3.63, 3.8) is 0 Å². The Kier molecular flexibility index (Phi) is 4.48. The maximum Gasteiger partial charge on any atom is 0.115 e. The van der Waals surface area contributed by atoms with E-state index < -0.39 is 0 Å². The number of hydrogen-bond donors (Lipinski definition) is 2. The summed E-state index contributed by atoms with van der Waals surface area (Å²) < 4.78 is 0. The topological polar surface area (TPSA) is 40.5 Å². The Morgan fingerprint density at radius 3 is 2.57 bits per heavy atom. The lowest BCUT2D eigenvalue weighted by Crippen LogP contribution is -2.44. The quantitative estimate of drug-likeness (QED) is 0.691. The Morgan fingerprint density at radius 2 is 1.83 bits per heavy atom. The molecule has 0 spiro atoms. The predicted molar refractivity (Wildman–Crippen MR) is 94.8 cm³/mol. The van der Waals surface area contributed by atoms with Crippen LogP contribution in [-0.4, -0.2) is 16.3 Å². The molecule has 0 amide bonds. The van der Waals surface area contributed by atoms with Crippen LogP contribution in [0.3, 0.4) is 0 Å². The highest BCUT2D eigenvalue weighted by Crippen LogP contribution is 2.62. The van der Waals surface area contributed by atoms with Gasteiger partial charge >= 0.3 is 0 Å². The van der Waals surface area contributed by atoms with E-state index >= 15 is 0 Å². The van der Waals surface area contributed by atoms with Crippen molar-refractivity contribution < 1.29 is 10.2 Å². The first kappa shape index (κ1) is 16.8. The molecular weight excluding hydrogens is 284 g/mol. The molecule has 1 aromatic carbocycles. The van der Waals surface area contributed by atoms with E-state index in [4.69, 9.17) is 0 Å². The van der Waals surface area contributed by atoms with E-state index in [1.54, 1.807) is 0 Å². The van der Waals surface area contributed by atoms with Crippen LogP contribution >= 0.6 is 0 Å². The van der Waals surface area contributed by atoms with Gasteiger partial charge in [0.1, 0.15) is 5.75 Å². The third kappa shape index (κ3) is 2.50. The molecule has 3 aliphatic carbocycles. The van der Waals surface area contributed by atoms with Crippen LogP contribution in [0.2, 0.25) is 0 Å². The number of aliphatic hydroxyl groups is 1. The number of benzene rings is 1. The van der Waals surface area contributed by atoms with E-state index in [2.05, 4.69) is 19.9 Å². The van der Waals surface area contributed by atoms with Crippen molar-refractivity contribution in [3.05, 3.63) is 29.3 Å². The molecule has 2 saturated carbocycles. The smallest absolute Gasteiger partial charge is 0.115 e. The summed E-state index contributed by atoms with van der Waals surface area (Å²) in [4.78, 5) is 0. The molecule has 1 aromatic rings. The SMILES string of the molecule is CC.C[C@H]1CC2C(CCC3(C)C(O)CCC23)c2ccc(O)cc21. The maximum absolute atomic E-state index is 10.4. The minimum absolute atomic E-state index is 0.0972. The van der Waals surface area contributed by atoms with Gasteiger partial charge in [-0.15, -0.1) is 0 Å². The molecule has 0 aliphatic heterocycles. The van der Waals surface area contributed by atoms with Crippen molar-refractivity contribution in [1.82, 2.24) is 0 Å². The first-order valence-corrected chi connectivity index (χ1v) is 9.51. The van der Waals surface area contributed by atoms with Gasteiger partial charge in [0.2, 0.25) is 0 Å². The number of aliphatic hydroxyl groups excluding tert-OH is 1. The molecule has 128 valence electrons. The fourth-order valence-corrected chi connectivity index (χ4v) is 5.84. The van der Waals surface area contributed by atoms with Gasteiger partial charge in [-0.25, -0.2) is 0 Å². The number of aromatic hydroxyl groups is 1. The molecule has 0 saturated heterocycles. The lowest BCUT2D eigenvalue weighted by atomic mass is 9.54. The van der Waals surface area contributed by atoms with Gasteiger partial charge in [0.25, 0.3) is 0 Å². The van der Waals surface area contributed by atoms with E-state index in [1.807, 2.05) is 26.0 Å². The zero-order valence-corrected chi connectivity index (χ0v) is 15.0. The largest absolute Gasteiger partial charge is 0.508 e. The molecule has 4 rings (SSSR count). The van der Waals surface area contributed by atoms with Crippen LogP contribution in [0.15, 0.2) is 18.2 Å². The van der Waals surface area contributed by atoms with Gasteiger partial charge in [-0.1, -0.05) is 33.8 Å². The third-order valence-electron chi connectivity index (χ3n) is 7.01. The van der Waals surface area contributed by atoms with Crippen molar-refractivity contribution in [2.45, 2.75) is 77.7 Å². The number of phenols is 1. The third-order valence-corrected chi connectivity index (χ3v) is 7.01. The van der Waals surface area contributed by atoms with Crippen LogP contribution in [0.4, 0.5) is 0 Å². The van der Waals surface area contributed by atoms with E-state index in [0.29, 0.717) is 29.4 Å². The van der Waals surface area contributed by atoms with Crippen LogP contribution < -0.4 is 0 Å². The molecule has 2 N–H and O–H groups in total. The van der Waals surface area contributed by atoms with Crippen molar-refractivity contribution in [2.24, 2.45) is 17.3 Å². The minimum atomic E-state index is -0.0972. The van der Waals surface area contributed by atoms with Crippen molar-refractivity contribution >= 4 is 0 Å². The Morgan fingerprint density at radius 1 is 1.09 bits per heavy atom. The second-order valence-electron chi connectivity index (χ2n) is 7.96. The van der Waals surface area contributed by atoms with Gasteiger partial charge in [-0.3, -0.25) is 0 Å². The molecule has 0 radical (unpaired) electrons. The lowest BCUT2D eigenvalue weighted by Gasteiger charge is -2.51. The standard InChI is InChI=1S/C19H26O2.C2H6/c1-11-9-16-14(13-4-3-12(20)10-15(11)13)7-8-19(2)17(16)5-6-18(19)21;1-2/h3-4,10-11,14,16-18,20-21H,5-9H2,1-2H3;1-2H3/t11-,14?,16?,17?,18?,19?;/m0./s1. The monoisotopic (exact) mass is 316 g/mol. The van der Waals surface area contributed by atoms with E-state index in [0.717, 1.165) is 12.8 Å². The Balaban J connectivity index is 0.000000753. The molecule has 0 heterocycles. The van der Waals surface area contributed by atoms with Gasteiger partial charge in [0.05, 0.1) is 6.10 Å². The molecule has 2 nitrogen and oxygen atoms in total. The summed E-state index contributed by atoms with van der Waals surface area (Å²) >= 11 is 0. The fourth-order valence-electron chi connectivity index (χ4n) is 5.84. The highest BCUT2D eigenvalue weighted by molar-refractivity contribution is 5.42. The molecule has 5 unspecified atom stereocenters. The van der Waals surface area contributed by atoms with Crippen molar-refractivity contribution in [1.29, 1.82) is 0 Å². The molecule has 0 bridgehead atoms. The lowest BCUT2D eigenvalue weighted by molar-refractivity contribution is -0.0245. The van der Waals surface area contributed by atoms with Gasteiger partial charge in [-0.2, -0.15) is 0 Å². The second kappa shape index (κ2) is 6.12. The van der Waals surface area contributed by atoms with E-state index in [1.165, 1.54) is 30.4 Å². The van der Waals surface area contributed by atoms with Crippen LogP contribution in [-0.2, 0) is 0 Å². The van der Waals surface area contributed by atoms with Gasteiger partial charge in [0, 0.05) is 0 Å². The molecule has 3 aliphatic rings. The summed E-state index contributed by atoms with van der Waals surface area (Å²) in [6.07, 6.45) is 5.64. The summed E-state index contributed by atoms with van der Waals surface area (Å²) in [5.41, 5.74) is 2.98. The molecular formula is C21H32O2. The second-order valence-corrected chi connectivity index (χ2v) is 7.96. The molecule has 23 heavy (non-hydrogen) atoms. The van der Waals surface area contributed by atoms with Gasteiger partial charge in [0.15, 0.2) is 0 Å². The Labute approximate surface area is 140 Å². The zero-order valence-electron chi connectivity index (χ0n) is 15.0. The highest BCUT2D eigenvalue weighted by atomic mass is 16.3. The molecule has 6 atom stereocenters. The zero-order chi connectivity index (χ0) is 16.8. The number of hydrogen-bond acceptors (Lipinski definition) is 2. The number of fused-ring (bicyclic) bond motifs is 5. The fraction of sp³-hybridized carbons (Fsp3) is 0.714. The summed E-state index contributed by atoms with van der Waals surface area (Å²) in [5, 5.41) is 20.2. The average molecular weight is 316 g/mol. The van der Waals surface area contributed by atoms with E-state index in [9.17, 15) is 10.2 Å².